The third-order valence-electron chi connectivity index (χ3n) is 3.42. The van der Waals surface area contributed by atoms with E-state index < -0.39 is 0 Å². The predicted octanol–water partition coefficient (Wildman–Crippen LogP) is 5.96. The van der Waals surface area contributed by atoms with Crippen molar-refractivity contribution in [1.29, 1.82) is 0 Å². The van der Waals surface area contributed by atoms with Crippen LogP contribution in [0.5, 0.6) is 17.2 Å². The lowest BCUT2D eigenvalue weighted by Gasteiger charge is -2.14. The highest BCUT2D eigenvalue weighted by atomic mass is 79.9. The van der Waals surface area contributed by atoms with Crippen molar-refractivity contribution in [3.05, 3.63) is 50.4 Å². The molecule has 124 valence electrons. The molecule has 0 aliphatic rings. The molecule has 0 bridgehead atoms. The molecule has 2 rings (SSSR count). The molecule has 0 aromatic heterocycles. The minimum absolute atomic E-state index is 0.0390. The minimum Gasteiger partial charge on any atom is -0.508 e. The summed E-state index contributed by atoms with van der Waals surface area (Å²) in [6.45, 7) is 4.06. The first-order valence-electron chi connectivity index (χ1n) is 7.28. The van der Waals surface area contributed by atoms with Gasteiger partial charge in [-0.2, -0.15) is 0 Å². The third kappa shape index (κ3) is 4.93. The van der Waals surface area contributed by atoms with Gasteiger partial charge in [-0.1, -0.05) is 13.8 Å². The molecule has 1 atom stereocenters. The van der Waals surface area contributed by atoms with Crippen LogP contribution in [0.15, 0.2) is 39.3 Å². The van der Waals surface area contributed by atoms with Gasteiger partial charge in [0.2, 0.25) is 0 Å². The normalized spacial score (nSPS) is 11.6. The van der Waals surface area contributed by atoms with Crippen LogP contribution in [0.4, 0.5) is 0 Å². The molecule has 0 fully saturated rings. The van der Waals surface area contributed by atoms with E-state index in [1.54, 1.807) is 12.1 Å². The Bertz CT molecular complexity index is 667. The highest BCUT2D eigenvalue weighted by Gasteiger charge is 2.13. The molecule has 3 nitrogen and oxygen atoms in total. The summed E-state index contributed by atoms with van der Waals surface area (Å²) in [6, 6.07) is 9.28. The zero-order valence-electron chi connectivity index (χ0n) is 12.9. The van der Waals surface area contributed by atoms with E-state index in [4.69, 9.17) is 9.63 Å². The fraction of sp³-hybridized carbons (Fsp3) is 0.294. The molecule has 0 spiro atoms. The number of hydrogen-bond acceptors (Lipinski definition) is 3. The van der Waals surface area contributed by atoms with E-state index in [0.29, 0.717) is 11.5 Å². The number of aromatic hydroxyl groups is 1. The average Bonchev–Trinajstić information content (AvgIpc) is 2.50. The van der Waals surface area contributed by atoms with Crippen molar-refractivity contribution in [3.63, 3.8) is 0 Å². The zero-order valence-corrected chi connectivity index (χ0v) is 17.1. The van der Waals surface area contributed by atoms with Crippen LogP contribution in [0.3, 0.4) is 0 Å². The van der Waals surface area contributed by atoms with Gasteiger partial charge < -0.3 is 14.7 Å². The third-order valence-corrected chi connectivity index (χ3v) is 5.08. The largest absolute Gasteiger partial charge is 0.508 e. The van der Waals surface area contributed by atoms with Gasteiger partial charge in [0.15, 0.2) is 5.75 Å². The highest BCUT2D eigenvalue weighted by molar-refractivity contribution is 9.11. The monoisotopic (exact) mass is 460 g/mol. The van der Waals surface area contributed by atoms with Crippen LogP contribution in [0.25, 0.3) is 0 Å². The molecule has 23 heavy (non-hydrogen) atoms. The standard InChI is InChI=1S/C17H19Br2O3P/c1-10(2)13-9-12(3-4-16(13)20)22-17-14(18)7-11(5-6-23-21)8-15(17)19/h3-4,7-10,20-21,23H,5-6H2,1-2H3. The Morgan fingerprint density at radius 3 is 2.35 bits per heavy atom. The molecular weight excluding hydrogens is 443 g/mol. The fourth-order valence-corrected chi connectivity index (χ4v) is 4.07. The molecule has 0 amide bonds. The molecule has 0 saturated heterocycles. The number of ether oxygens (including phenoxy) is 1. The Morgan fingerprint density at radius 1 is 1.13 bits per heavy atom. The maximum Gasteiger partial charge on any atom is 0.155 e. The first-order valence-corrected chi connectivity index (χ1v) is 10.0. The summed E-state index contributed by atoms with van der Waals surface area (Å²) in [7, 11) is -0.0390. The van der Waals surface area contributed by atoms with Crippen LogP contribution in [-0.4, -0.2) is 16.2 Å². The Morgan fingerprint density at radius 2 is 1.78 bits per heavy atom. The van der Waals surface area contributed by atoms with Crippen LogP contribution >= 0.6 is 40.7 Å². The fourth-order valence-electron chi connectivity index (χ4n) is 2.23. The van der Waals surface area contributed by atoms with Crippen molar-refractivity contribution in [2.45, 2.75) is 26.2 Å². The Balaban J connectivity index is 2.28. The molecule has 6 heteroatoms. The van der Waals surface area contributed by atoms with Crippen molar-refractivity contribution in [2.75, 3.05) is 6.16 Å². The summed E-state index contributed by atoms with van der Waals surface area (Å²) in [4.78, 5) is 8.97. The number of hydrogen-bond donors (Lipinski definition) is 2. The number of benzene rings is 2. The number of rotatable bonds is 6. The summed E-state index contributed by atoms with van der Waals surface area (Å²) in [5.74, 6) is 1.87. The van der Waals surface area contributed by atoms with E-state index in [0.717, 1.165) is 32.7 Å². The second-order valence-corrected chi connectivity index (χ2v) is 8.05. The van der Waals surface area contributed by atoms with Crippen LogP contribution in [0, 0.1) is 0 Å². The van der Waals surface area contributed by atoms with E-state index in [1.165, 1.54) is 0 Å². The summed E-state index contributed by atoms with van der Waals surface area (Å²) >= 11 is 7.09. The summed E-state index contributed by atoms with van der Waals surface area (Å²) in [5.41, 5.74) is 1.99. The van der Waals surface area contributed by atoms with Gasteiger partial charge >= 0.3 is 0 Å². The van der Waals surface area contributed by atoms with Crippen molar-refractivity contribution >= 4 is 40.7 Å². The van der Waals surface area contributed by atoms with Crippen molar-refractivity contribution in [1.82, 2.24) is 0 Å². The van der Waals surface area contributed by atoms with Gasteiger partial charge in [0.25, 0.3) is 0 Å². The second-order valence-electron chi connectivity index (χ2n) is 5.52. The quantitative estimate of drug-likeness (QED) is 0.521. The van der Waals surface area contributed by atoms with E-state index in [1.807, 2.05) is 32.0 Å². The summed E-state index contributed by atoms with van der Waals surface area (Å²) in [6.07, 6.45) is 1.58. The van der Waals surface area contributed by atoms with Crippen LogP contribution in [0.2, 0.25) is 0 Å². The molecule has 0 saturated carbocycles. The first-order chi connectivity index (χ1) is 10.9. The molecule has 2 aromatic rings. The van der Waals surface area contributed by atoms with Gasteiger partial charge in [-0.15, -0.1) is 0 Å². The number of halogens is 2. The molecule has 2 N–H and O–H groups in total. The summed E-state index contributed by atoms with van der Waals surface area (Å²) < 4.78 is 7.69. The Kier molecular flexibility index (Phi) is 6.90. The van der Waals surface area contributed by atoms with Crippen molar-refractivity contribution < 1.29 is 14.7 Å². The molecule has 0 aliphatic heterocycles. The molecule has 0 aliphatic carbocycles. The van der Waals surface area contributed by atoms with Crippen molar-refractivity contribution in [3.8, 4) is 17.2 Å². The second kappa shape index (κ2) is 8.48. The SMILES string of the molecule is CC(C)c1cc(Oc2c(Br)cc(CCPO)cc2Br)ccc1O. The van der Waals surface area contributed by atoms with E-state index in [9.17, 15) is 5.11 Å². The number of phenolic OH excluding ortho intramolecular Hbond substituents is 1. The summed E-state index contributed by atoms with van der Waals surface area (Å²) in [5, 5.41) is 9.91. The van der Waals surface area contributed by atoms with E-state index >= 15 is 0 Å². The topological polar surface area (TPSA) is 49.7 Å². The molecule has 0 heterocycles. The van der Waals surface area contributed by atoms with Crippen molar-refractivity contribution in [2.24, 2.45) is 0 Å². The number of aryl methyl sites for hydroxylation is 1. The van der Waals surface area contributed by atoms with Crippen LogP contribution in [0.1, 0.15) is 30.9 Å². The zero-order chi connectivity index (χ0) is 17.0. The maximum absolute atomic E-state index is 9.91. The smallest absolute Gasteiger partial charge is 0.155 e. The molecule has 1 unspecified atom stereocenters. The van der Waals surface area contributed by atoms with Gasteiger partial charge in [-0.25, -0.2) is 0 Å². The first kappa shape index (κ1) is 18.7. The molecular formula is C17H19Br2O3P. The van der Waals surface area contributed by atoms with E-state index in [2.05, 4.69) is 31.9 Å². The average molecular weight is 462 g/mol. The number of phenols is 1. The lowest BCUT2D eigenvalue weighted by molar-refractivity contribution is 0.453. The van der Waals surface area contributed by atoms with Crippen LogP contribution < -0.4 is 4.74 Å². The van der Waals surface area contributed by atoms with Gasteiger partial charge in [-0.3, -0.25) is 0 Å². The van der Waals surface area contributed by atoms with Crippen LogP contribution in [-0.2, 0) is 6.42 Å². The van der Waals surface area contributed by atoms with Gasteiger partial charge in [-0.05, 0) is 86.3 Å². The van der Waals surface area contributed by atoms with Gasteiger partial charge in [0, 0.05) is 14.4 Å². The maximum atomic E-state index is 9.91. The lowest BCUT2D eigenvalue weighted by atomic mass is 10.0. The van der Waals surface area contributed by atoms with Gasteiger partial charge in [0.1, 0.15) is 11.5 Å². The highest BCUT2D eigenvalue weighted by Crippen LogP contribution is 2.39. The Labute approximate surface area is 155 Å². The minimum atomic E-state index is -0.0390. The van der Waals surface area contributed by atoms with Gasteiger partial charge in [0.05, 0.1) is 8.95 Å². The van der Waals surface area contributed by atoms with E-state index in [-0.39, 0.29) is 20.5 Å². The Hall–Kier alpha value is -0.610. The molecule has 2 aromatic carbocycles. The lowest BCUT2D eigenvalue weighted by Crippen LogP contribution is -1.94. The predicted molar refractivity (Wildman–Crippen MR) is 103 cm³/mol. The molecule has 0 radical (unpaired) electrons.